The highest BCUT2D eigenvalue weighted by molar-refractivity contribution is 5.89. The molecule has 0 radical (unpaired) electrons. The number of nitrogens with zero attached hydrogens (tertiary/aromatic N) is 1. The van der Waals surface area contributed by atoms with Crippen LogP contribution in [0.4, 0.5) is 14.9 Å². The quantitative estimate of drug-likeness (QED) is 0.512. The second kappa shape index (κ2) is 11.4. The van der Waals surface area contributed by atoms with Gasteiger partial charge in [0.2, 0.25) is 5.91 Å². The molecule has 4 N–H and O–H groups in total. The van der Waals surface area contributed by atoms with Gasteiger partial charge in [-0.3, -0.25) is 9.78 Å². The van der Waals surface area contributed by atoms with E-state index in [2.05, 4.69) is 20.9 Å². The molecule has 1 fully saturated rings. The molecule has 3 atom stereocenters. The lowest BCUT2D eigenvalue weighted by Gasteiger charge is -2.36. The number of aliphatic hydroxyl groups excluding tert-OH is 1. The van der Waals surface area contributed by atoms with Crippen molar-refractivity contribution in [3.8, 4) is 0 Å². The monoisotopic (exact) mass is 430 g/mol. The van der Waals surface area contributed by atoms with E-state index >= 15 is 0 Å². The Bertz CT molecular complexity index is 850. The third-order valence-electron chi connectivity index (χ3n) is 5.12. The number of rotatable bonds is 8. The standard InChI is InChI=1S/C22H27FN4O4/c23-16-1-3-17(4-2-16)26-22(30)27-19-6-5-18(31-20(19)14-28)9-12-25-21(29)13-15-7-10-24-11-8-15/h1-4,7-8,10-11,18-20,28H,5-6,9,12-14H2,(H,25,29)(H2,26,27,30)/t18-,19+,20-/m0/s1. The summed E-state index contributed by atoms with van der Waals surface area (Å²) in [6.45, 7) is 0.238. The number of halogens is 1. The first-order valence-electron chi connectivity index (χ1n) is 10.3. The van der Waals surface area contributed by atoms with Gasteiger partial charge in [-0.2, -0.15) is 0 Å². The van der Waals surface area contributed by atoms with E-state index in [4.69, 9.17) is 4.74 Å². The number of pyridine rings is 1. The topological polar surface area (TPSA) is 113 Å². The summed E-state index contributed by atoms with van der Waals surface area (Å²) >= 11 is 0. The lowest BCUT2D eigenvalue weighted by molar-refractivity contribution is -0.121. The molecule has 0 aliphatic carbocycles. The average Bonchev–Trinajstić information content (AvgIpc) is 2.77. The summed E-state index contributed by atoms with van der Waals surface area (Å²) < 4.78 is 18.9. The number of ether oxygens (including phenoxy) is 1. The normalized spacial score (nSPS) is 20.6. The molecule has 1 aliphatic heterocycles. The zero-order valence-corrected chi connectivity index (χ0v) is 17.1. The first-order chi connectivity index (χ1) is 15.0. The highest BCUT2D eigenvalue weighted by Crippen LogP contribution is 2.22. The second-order valence-electron chi connectivity index (χ2n) is 7.44. The highest BCUT2D eigenvalue weighted by Gasteiger charge is 2.31. The molecule has 1 aromatic carbocycles. The van der Waals surface area contributed by atoms with Crippen molar-refractivity contribution >= 4 is 17.6 Å². The number of anilines is 1. The van der Waals surface area contributed by atoms with Gasteiger partial charge in [-0.1, -0.05) is 0 Å². The molecule has 9 heteroatoms. The third-order valence-corrected chi connectivity index (χ3v) is 5.12. The van der Waals surface area contributed by atoms with E-state index in [9.17, 15) is 19.1 Å². The smallest absolute Gasteiger partial charge is 0.319 e. The summed E-state index contributed by atoms with van der Waals surface area (Å²) in [6.07, 6.45) is 4.89. The van der Waals surface area contributed by atoms with Gasteiger partial charge in [-0.05, 0) is 61.2 Å². The zero-order valence-electron chi connectivity index (χ0n) is 17.1. The molecule has 3 amide bonds. The number of carbonyl (C=O) groups excluding carboxylic acids is 2. The van der Waals surface area contributed by atoms with Gasteiger partial charge in [-0.25, -0.2) is 9.18 Å². The maximum atomic E-state index is 13.0. The van der Waals surface area contributed by atoms with Crippen molar-refractivity contribution in [1.82, 2.24) is 15.6 Å². The number of aromatic nitrogens is 1. The fourth-order valence-electron chi connectivity index (χ4n) is 3.50. The van der Waals surface area contributed by atoms with Crippen LogP contribution in [0.2, 0.25) is 0 Å². The van der Waals surface area contributed by atoms with Gasteiger partial charge in [0.15, 0.2) is 0 Å². The van der Waals surface area contributed by atoms with Crippen LogP contribution in [0.15, 0.2) is 48.8 Å². The molecule has 0 unspecified atom stereocenters. The molecule has 1 aliphatic rings. The van der Waals surface area contributed by atoms with Crippen LogP contribution in [-0.4, -0.2) is 53.4 Å². The molecule has 0 spiro atoms. The first kappa shape index (κ1) is 22.6. The highest BCUT2D eigenvalue weighted by atomic mass is 19.1. The maximum Gasteiger partial charge on any atom is 0.319 e. The number of benzene rings is 1. The van der Waals surface area contributed by atoms with Crippen LogP contribution in [0.5, 0.6) is 0 Å². The van der Waals surface area contributed by atoms with Gasteiger partial charge in [0, 0.05) is 24.6 Å². The fourth-order valence-corrected chi connectivity index (χ4v) is 3.50. The van der Waals surface area contributed by atoms with E-state index in [1.54, 1.807) is 24.5 Å². The van der Waals surface area contributed by atoms with Crippen molar-refractivity contribution in [3.63, 3.8) is 0 Å². The summed E-state index contributed by atoms with van der Waals surface area (Å²) in [7, 11) is 0. The molecule has 1 aromatic heterocycles. The fraction of sp³-hybridized carbons (Fsp3) is 0.409. The average molecular weight is 430 g/mol. The Morgan fingerprint density at radius 1 is 1.13 bits per heavy atom. The Kier molecular flexibility index (Phi) is 8.31. The van der Waals surface area contributed by atoms with Crippen LogP contribution in [0.1, 0.15) is 24.8 Å². The summed E-state index contributed by atoms with van der Waals surface area (Å²) in [5, 5.41) is 18.0. The second-order valence-corrected chi connectivity index (χ2v) is 7.44. The van der Waals surface area contributed by atoms with E-state index in [1.807, 2.05) is 0 Å². The number of hydrogen-bond donors (Lipinski definition) is 4. The Morgan fingerprint density at radius 3 is 2.58 bits per heavy atom. The van der Waals surface area contributed by atoms with E-state index < -0.39 is 12.1 Å². The molecule has 31 heavy (non-hydrogen) atoms. The third kappa shape index (κ3) is 7.30. The van der Waals surface area contributed by atoms with Crippen molar-refractivity contribution in [3.05, 3.63) is 60.2 Å². The summed E-state index contributed by atoms with van der Waals surface area (Å²) in [5.74, 6) is -0.454. The molecular weight excluding hydrogens is 403 g/mol. The van der Waals surface area contributed by atoms with E-state index in [1.165, 1.54) is 24.3 Å². The van der Waals surface area contributed by atoms with E-state index in [0.717, 1.165) is 5.56 Å². The Balaban J connectivity index is 1.39. The number of aliphatic hydroxyl groups is 1. The van der Waals surface area contributed by atoms with Gasteiger partial charge >= 0.3 is 6.03 Å². The maximum absolute atomic E-state index is 13.0. The van der Waals surface area contributed by atoms with Crippen LogP contribution in [-0.2, 0) is 16.0 Å². The van der Waals surface area contributed by atoms with E-state index in [0.29, 0.717) is 37.9 Å². The van der Waals surface area contributed by atoms with Crippen molar-refractivity contribution in [2.24, 2.45) is 0 Å². The van der Waals surface area contributed by atoms with Gasteiger partial charge in [-0.15, -0.1) is 0 Å². The predicted octanol–water partition coefficient (Wildman–Crippen LogP) is 2.00. The van der Waals surface area contributed by atoms with Crippen molar-refractivity contribution in [1.29, 1.82) is 0 Å². The van der Waals surface area contributed by atoms with Crippen molar-refractivity contribution in [2.45, 2.75) is 43.9 Å². The van der Waals surface area contributed by atoms with Crippen LogP contribution in [0.3, 0.4) is 0 Å². The molecule has 2 heterocycles. The van der Waals surface area contributed by atoms with Gasteiger partial charge in [0.1, 0.15) is 11.9 Å². The van der Waals surface area contributed by atoms with Crippen molar-refractivity contribution in [2.75, 3.05) is 18.5 Å². The summed E-state index contributed by atoms with van der Waals surface area (Å²) in [5.41, 5.74) is 1.37. The number of carbonyl (C=O) groups is 2. The predicted molar refractivity (Wildman–Crippen MR) is 113 cm³/mol. The number of amides is 3. The van der Waals surface area contributed by atoms with Gasteiger partial charge in [0.25, 0.3) is 0 Å². The van der Waals surface area contributed by atoms with E-state index in [-0.39, 0.29) is 30.5 Å². The minimum absolute atomic E-state index is 0.0716. The zero-order chi connectivity index (χ0) is 22.1. The number of urea groups is 1. The van der Waals surface area contributed by atoms with Crippen LogP contribution >= 0.6 is 0 Å². The summed E-state index contributed by atoms with van der Waals surface area (Å²) in [4.78, 5) is 28.2. The molecule has 166 valence electrons. The molecule has 2 aromatic rings. The summed E-state index contributed by atoms with van der Waals surface area (Å²) in [6, 6.07) is 8.27. The first-order valence-corrected chi connectivity index (χ1v) is 10.3. The molecular formula is C22H27FN4O4. The van der Waals surface area contributed by atoms with Crippen molar-refractivity contribution < 1.29 is 23.8 Å². The SMILES string of the molecule is O=C(Cc1ccncc1)NCC[C@@H]1CC[C@@H](NC(=O)Nc2ccc(F)cc2)[C@H](CO)O1. The van der Waals surface area contributed by atoms with Crippen LogP contribution in [0.25, 0.3) is 0 Å². The Labute approximate surface area is 180 Å². The molecule has 3 rings (SSSR count). The van der Waals surface area contributed by atoms with Gasteiger partial charge < -0.3 is 25.8 Å². The molecule has 0 saturated carbocycles. The van der Waals surface area contributed by atoms with Gasteiger partial charge in [0.05, 0.1) is 25.2 Å². The lowest BCUT2D eigenvalue weighted by Crippen LogP contribution is -2.52. The number of hydrogen-bond acceptors (Lipinski definition) is 5. The minimum atomic E-state index is -0.537. The van der Waals surface area contributed by atoms with Crippen LogP contribution < -0.4 is 16.0 Å². The number of nitrogens with one attached hydrogen (secondary N) is 3. The van der Waals surface area contributed by atoms with Crippen LogP contribution in [0, 0.1) is 5.82 Å². The Morgan fingerprint density at radius 2 is 1.87 bits per heavy atom. The molecule has 1 saturated heterocycles. The molecule has 8 nitrogen and oxygen atoms in total. The molecule has 0 bridgehead atoms. The minimum Gasteiger partial charge on any atom is -0.394 e. The largest absolute Gasteiger partial charge is 0.394 e. The Hall–Kier alpha value is -3.04. The lowest BCUT2D eigenvalue weighted by atomic mass is 9.97.